The Kier molecular flexibility index (Phi) is 7.70. The van der Waals surface area contributed by atoms with Crippen molar-refractivity contribution in [3.05, 3.63) is 34.9 Å². The molecule has 1 aromatic carbocycles. The number of hydrogen-bond donors (Lipinski definition) is 1. The van der Waals surface area contributed by atoms with E-state index in [9.17, 15) is 9.59 Å². The van der Waals surface area contributed by atoms with Gasteiger partial charge in [0.05, 0.1) is 11.9 Å². The van der Waals surface area contributed by atoms with Gasteiger partial charge < -0.3 is 15.0 Å². The molecule has 1 N–H and O–H groups in total. The van der Waals surface area contributed by atoms with Gasteiger partial charge in [0.1, 0.15) is 5.54 Å². The van der Waals surface area contributed by atoms with Gasteiger partial charge in [-0.1, -0.05) is 52.9 Å². The molecule has 32 heavy (non-hydrogen) atoms. The molecule has 1 saturated carbocycles. The topological polar surface area (TPSA) is 84.4 Å². The molecule has 1 aromatic heterocycles. The van der Waals surface area contributed by atoms with Crippen LogP contribution in [0.5, 0.6) is 0 Å². The molecule has 172 valence electrons. The fourth-order valence-electron chi connectivity index (χ4n) is 4.41. The van der Waals surface area contributed by atoms with Crippen LogP contribution in [0.1, 0.15) is 44.1 Å². The molecular formula is C22H27ClN4O3S2. The van der Waals surface area contributed by atoms with Crippen LogP contribution in [0, 0.1) is 0 Å². The normalized spacial score (nSPS) is 23.3. The number of halogens is 1. The van der Waals surface area contributed by atoms with Crippen LogP contribution < -0.4 is 5.32 Å². The van der Waals surface area contributed by atoms with Crippen molar-refractivity contribution in [1.82, 2.24) is 15.1 Å². The number of aromatic nitrogens is 2. The highest BCUT2D eigenvalue weighted by Crippen LogP contribution is 2.42. The Labute approximate surface area is 201 Å². The number of nitrogens with zero attached hydrogens (tertiary/aromatic N) is 3. The van der Waals surface area contributed by atoms with E-state index < -0.39 is 5.54 Å². The predicted octanol–water partition coefficient (Wildman–Crippen LogP) is 4.37. The maximum Gasteiger partial charge on any atom is 0.233 e. The number of amides is 1. The number of likely N-dealkylation sites (N-methyl/N-ethyl adjacent to an activating group) is 1. The summed E-state index contributed by atoms with van der Waals surface area (Å²) in [7, 11) is 1.71. The van der Waals surface area contributed by atoms with Gasteiger partial charge in [-0.3, -0.25) is 9.59 Å². The van der Waals surface area contributed by atoms with Gasteiger partial charge in [-0.15, -0.1) is 10.2 Å². The highest BCUT2D eigenvalue weighted by molar-refractivity contribution is 8.01. The maximum absolute atomic E-state index is 13.2. The number of nitrogens with one attached hydrogen (secondary N) is 1. The van der Waals surface area contributed by atoms with E-state index in [4.69, 9.17) is 16.3 Å². The smallest absolute Gasteiger partial charge is 0.233 e. The Hall–Kier alpha value is -1.68. The molecule has 1 saturated heterocycles. The second kappa shape index (κ2) is 10.5. The summed E-state index contributed by atoms with van der Waals surface area (Å²) in [5, 5.41) is 12.8. The van der Waals surface area contributed by atoms with E-state index in [0.29, 0.717) is 34.3 Å². The van der Waals surface area contributed by atoms with Crippen LogP contribution in [0.25, 0.3) is 0 Å². The first-order chi connectivity index (χ1) is 15.5. The Morgan fingerprint density at radius 2 is 2.19 bits per heavy atom. The van der Waals surface area contributed by atoms with Crippen molar-refractivity contribution < 1.29 is 14.3 Å². The van der Waals surface area contributed by atoms with Gasteiger partial charge in [0.2, 0.25) is 11.0 Å². The molecule has 1 aliphatic carbocycles. The molecule has 1 aliphatic heterocycles. The number of ether oxygens (including phenoxy) is 1. The number of anilines is 1. The monoisotopic (exact) mass is 494 g/mol. The Bertz CT molecular complexity index is 966. The van der Waals surface area contributed by atoms with Gasteiger partial charge >= 0.3 is 0 Å². The standard InChI is InChI=1S/C22H27ClN4O3S2/c1-27(22(11-5-4-10-18(22)28)16-8-2-3-9-17(16)23)19(29)14-31-21-26-25-20(32-21)24-13-15-7-6-12-30-15/h2-3,8-9,15H,4-7,10-14H2,1H3,(H,24,25)/t15-,22+/m0/s1. The summed E-state index contributed by atoms with van der Waals surface area (Å²) >= 11 is 9.24. The first kappa shape index (κ1) is 23.5. The van der Waals surface area contributed by atoms with Crippen LogP contribution in [-0.2, 0) is 19.9 Å². The molecule has 4 rings (SSSR count). The second-order valence-electron chi connectivity index (χ2n) is 8.10. The molecule has 0 unspecified atom stereocenters. The zero-order valence-corrected chi connectivity index (χ0v) is 20.4. The summed E-state index contributed by atoms with van der Waals surface area (Å²) in [6.07, 6.45) is 5.12. The molecule has 1 amide bonds. The quantitative estimate of drug-likeness (QED) is 0.545. The predicted molar refractivity (Wildman–Crippen MR) is 127 cm³/mol. The first-order valence-corrected chi connectivity index (χ1v) is 13.1. The SMILES string of the molecule is CN(C(=O)CSc1nnc(NC[C@@H]2CCCO2)s1)[C@@]1(c2ccccc2Cl)CCCCC1=O. The molecule has 0 bridgehead atoms. The maximum atomic E-state index is 13.2. The summed E-state index contributed by atoms with van der Waals surface area (Å²) < 4.78 is 6.32. The zero-order chi connectivity index (χ0) is 22.6. The van der Waals surface area contributed by atoms with Crippen molar-refractivity contribution in [3.63, 3.8) is 0 Å². The average molecular weight is 495 g/mol. The number of rotatable bonds is 8. The van der Waals surface area contributed by atoms with Crippen LogP contribution in [-0.4, -0.2) is 58.8 Å². The Balaban J connectivity index is 1.41. The second-order valence-corrected chi connectivity index (χ2v) is 10.7. The fraction of sp³-hybridized carbons (Fsp3) is 0.545. The van der Waals surface area contributed by atoms with Gasteiger partial charge in [0.25, 0.3) is 0 Å². The van der Waals surface area contributed by atoms with Crippen LogP contribution in [0.3, 0.4) is 0 Å². The average Bonchev–Trinajstić information content (AvgIpc) is 3.48. The third-order valence-electron chi connectivity index (χ3n) is 6.15. The van der Waals surface area contributed by atoms with E-state index in [2.05, 4.69) is 15.5 Å². The minimum atomic E-state index is -1.01. The number of Topliss-reactive ketones (excluding diaryl/α,β-unsaturated/α-hetero) is 1. The lowest BCUT2D eigenvalue weighted by Crippen LogP contribution is -2.54. The van der Waals surface area contributed by atoms with Gasteiger partial charge in [-0.25, -0.2) is 0 Å². The lowest BCUT2D eigenvalue weighted by molar-refractivity contribution is -0.146. The Morgan fingerprint density at radius 3 is 2.94 bits per heavy atom. The van der Waals surface area contributed by atoms with Crippen molar-refractivity contribution in [2.45, 2.75) is 54.5 Å². The molecule has 7 nitrogen and oxygen atoms in total. The minimum Gasteiger partial charge on any atom is -0.376 e. The number of benzene rings is 1. The van der Waals surface area contributed by atoms with Crippen molar-refractivity contribution in [2.24, 2.45) is 0 Å². The van der Waals surface area contributed by atoms with Crippen LogP contribution in [0.2, 0.25) is 5.02 Å². The lowest BCUT2D eigenvalue weighted by atomic mass is 9.74. The lowest BCUT2D eigenvalue weighted by Gasteiger charge is -2.44. The molecule has 0 spiro atoms. The minimum absolute atomic E-state index is 0.0502. The number of ketones is 1. The van der Waals surface area contributed by atoms with Gasteiger partial charge in [-0.2, -0.15) is 0 Å². The number of carbonyl (C=O) groups excluding carboxylic acids is 2. The van der Waals surface area contributed by atoms with E-state index in [1.807, 2.05) is 18.2 Å². The van der Waals surface area contributed by atoms with Crippen molar-refractivity contribution >= 4 is 51.5 Å². The van der Waals surface area contributed by atoms with Crippen molar-refractivity contribution in [2.75, 3.05) is 31.3 Å². The van der Waals surface area contributed by atoms with E-state index in [1.165, 1.54) is 23.1 Å². The van der Waals surface area contributed by atoms with Crippen LogP contribution >= 0.6 is 34.7 Å². The third-order valence-corrected chi connectivity index (χ3v) is 8.48. The summed E-state index contributed by atoms with van der Waals surface area (Å²) in [6.45, 7) is 1.53. The number of thioether (sulfide) groups is 1. The van der Waals surface area contributed by atoms with Gasteiger partial charge in [0, 0.05) is 37.2 Å². The summed E-state index contributed by atoms with van der Waals surface area (Å²) in [5.74, 6) is 0.0968. The summed E-state index contributed by atoms with van der Waals surface area (Å²) in [6, 6.07) is 7.34. The fourth-order valence-corrected chi connectivity index (χ4v) is 6.37. The Morgan fingerprint density at radius 1 is 1.34 bits per heavy atom. The number of carbonyl (C=O) groups is 2. The van der Waals surface area contributed by atoms with Crippen LogP contribution in [0.4, 0.5) is 5.13 Å². The molecule has 10 heteroatoms. The largest absolute Gasteiger partial charge is 0.376 e. The summed E-state index contributed by atoms with van der Waals surface area (Å²) in [5.41, 5.74) is -0.299. The van der Waals surface area contributed by atoms with Gasteiger partial charge in [-0.05, 0) is 38.2 Å². The molecule has 2 atom stereocenters. The van der Waals surface area contributed by atoms with Crippen molar-refractivity contribution in [3.8, 4) is 0 Å². The number of hydrogen-bond acceptors (Lipinski definition) is 8. The molecule has 2 fully saturated rings. The van der Waals surface area contributed by atoms with E-state index in [-0.39, 0.29) is 23.5 Å². The molecule has 2 heterocycles. The van der Waals surface area contributed by atoms with Crippen LogP contribution in [0.15, 0.2) is 28.6 Å². The molecule has 2 aliphatic rings. The van der Waals surface area contributed by atoms with E-state index in [1.54, 1.807) is 18.0 Å². The molecule has 2 aromatic rings. The van der Waals surface area contributed by atoms with Gasteiger partial charge in [0.15, 0.2) is 10.1 Å². The first-order valence-electron chi connectivity index (χ1n) is 10.9. The molecular weight excluding hydrogens is 468 g/mol. The van der Waals surface area contributed by atoms with Crippen molar-refractivity contribution in [1.29, 1.82) is 0 Å². The summed E-state index contributed by atoms with van der Waals surface area (Å²) in [4.78, 5) is 28.0. The van der Waals surface area contributed by atoms with E-state index >= 15 is 0 Å². The highest BCUT2D eigenvalue weighted by atomic mass is 35.5. The van der Waals surface area contributed by atoms with E-state index in [0.717, 1.165) is 37.4 Å². The molecule has 0 radical (unpaired) electrons. The highest BCUT2D eigenvalue weighted by Gasteiger charge is 2.47. The third kappa shape index (κ3) is 4.95. The zero-order valence-electron chi connectivity index (χ0n) is 18.0.